The Hall–Kier alpha value is -1.80. The van der Waals surface area contributed by atoms with Crippen molar-refractivity contribution in [2.75, 3.05) is 26.3 Å². The lowest BCUT2D eigenvalue weighted by Gasteiger charge is -2.18. The standard InChI is InChI=1S/C19H30N2O5S/c1-15(2)9-11-20-19(22)6-4-3-5-10-21-27(23,24)16-7-8-17-18(14-16)26-13-12-25-17/h7-8,14-15,21H,3-6,9-13H2,1-2H3,(H,20,22). The van der Waals surface area contributed by atoms with Gasteiger partial charge in [-0.25, -0.2) is 13.1 Å². The average molecular weight is 399 g/mol. The molecule has 152 valence electrons. The molecular weight excluding hydrogens is 368 g/mol. The number of sulfonamides is 1. The van der Waals surface area contributed by atoms with Crippen molar-refractivity contribution in [1.82, 2.24) is 10.0 Å². The molecule has 0 aliphatic carbocycles. The van der Waals surface area contributed by atoms with Crippen molar-refractivity contribution in [3.05, 3.63) is 18.2 Å². The molecule has 2 rings (SSSR count). The van der Waals surface area contributed by atoms with Crippen LogP contribution in [-0.4, -0.2) is 40.6 Å². The highest BCUT2D eigenvalue weighted by Crippen LogP contribution is 2.32. The summed E-state index contributed by atoms with van der Waals surface area (Å²) in [6, 6.07) is 4.61. The lowest BCUT2D eigenvalue weighted by Crippen LogP contribution is -2.26. The van der Waals surface area contributed by atoms with Crippen LogP contribution in [0, 0.1) is 5.92 Å². The van der Waals surface area contributed by atoms with Gasteiger partial charge in [-0.15, -0.1) is 0 Å². The highest BCUT2D eigenvalue weighted by molar-refractivity contribution is 7.89. The summed E-state index contributed by atoms with van der Waals surface area (Å²) in [6.07, 6.45) is 3.68. The molecular formula is C19H30N2O5S. The number of hydrogen-bond donors (Lipinski definition) is 2. The minimum Gasteiger partial charge on any atom is -0.486 e. The summed E-state index contributed by atoms with van der Waals surface area (Å²) in [5.74, 6) is 1.65. The zero-order valence-corrected chi connectivity index (χ0v) is 16.9. The van der Waals surface area contributed by atoms with Crippen molar-refractivity contribution in [2.24, 2.45) is 5.92 Å². The van der Waals surface area contributed by atoms with E-state index >= 15 is 0 Å². The van der Waals surface area contributed by atoms with Crippen molar-refractivity contribution in [2.45, 2.75) is 50.8 Å². The van der Waals surface area contributed by atoms with Crippen LogP contribution in [0.3, 0.4) is 0 Å². The van der Waals surface area contributed by atoms with Gasteiger partial charge in [0.05, 0.1) is 4.90 Å². The molecule has 27 heavy (non-hydrogen) atoms. The first-order valence-corrected chi connectivity index (χ1v) is 11.0. The summed E-state index contributed by atoms with van der Waals surface area (Å²) < 4.78 is 38.1. The Morgan fingerprint density at radius 2 is 1.81 bits per heavy atom. The van der Waals surface area contributed by atoms with Gasteiger partial charge in [0.25, 0.3) is 0 Å². The number of benzene rings is 1. The molecule has 1 aromatic carbocycles. The molecule has 0 spiro atoms. The Kier molecular flexibility index (Phi) is 8.37. The highest BCUT2D eigenvalue weighted by Gasteiger charge is 2.18. The fourth-order valence-electron chi connectivity index (χ4n) is 2.66. The van der Waals surface area contributed by atoms with Gasteiger partial charge in [-0.1, -0.05) is 20.3 Å². The van der Waals surface area contributed by atoms with E-state index in [0.717, 1.165) is 19.3 Å². The molecule has 0 atom stereocenters. The third kappa shape index (κ3) is 7.38. The van der Waals surface area contributed by atoms with Crippen molar-refractivity contribution >= 4 is 15.9 Å². The van der Waals surface area contributed by atoms with E-state index in [2.05, 4.69) is 23.9 Å². The number of hydrogen-bond acceptors (Lipinski definition) is 5. The Balaban J connectivity index is 1.65. The zero-order valence-electron chi connectivity index (χ0n) is 16.1. The van der Waals surface area contributed by atoms with E-state index in [9.17, 15) is 13.2 Å². The van der Waals surface area contributed by atoms with Crippen molar-refractivity contribution in [3.63, 3.8) is 0 Å². The Labute approximate surface area is 161 Å². The molecule has 0 unspecified atom stereocenters. The Morgan fingerprint density at radius 3 is 2.56 bits per heavy atom. The fourth-order valence-corrected chi connectivity index (χ4v) is 3.75. The van der Waals surface area contributed by atoms with Gasteiger partial charge in [-0.05, 0) is 37.3 Å². The Morgan fingerprint density at radius 1 is 1.07 bits per heavy atom. The van der Waals surface area contributed by atoms with E-state index in [1.54, 1.807) is 6.07 Å². The summed E-state index contributed by atoms with van der Waals surface area (Å²) in [5, 5.41) is 2.90. The predicted molar refractivity (Wildman–Crippen MR) is 104 cm³/mol. The third-order valence-electron chi connectivity index (χ3n) is 4.24. The van der Waals surface area contributed by atoms with Crippen LogP contribution in [0.4, 0.5) is 0 Å². The average Bonchev–Trinajstić information content (AvgIpc) is 2.63. The number of rotatable bonds is 11. The number of nitrogens with one attached hydrogen (secondary N) is 2. The van der Waals surface area contributed by atoms with E-state index in [1.165, 1.54) is 12.1 Å². The van der Waals surface area contributed by atoms with Crippen LogP contribution in [0.5, 0.6) is 11.5 Å². The predicted octanol–water partition coefficient (Wildman–Crippen LogP) is 2.46. The number of amides is 1. The van der Waals surface area contributed by atoms with E-state index in [4.69, 9.17) is 9.47 Å². The highest BCUT2D eigenvalue weighted by atomic mass is 32.2. The van der Waals surface area contributed by atoms with E-state index < -0.39 is 10.0 Å². The fraction of sp³-hybridized carbons (Fsp3) is 0.632. The number of carbonyl (C=O) groups is 1. The second-order valence-corrected chi connectivity index (χ2v) is 8.81. The molecule has 0 saturated heterocycles. The van der Waals surface area contributed by atoms with Gasteiger partial charge in [0.15, 0.2) is 11.5 Å². The maximum absolute atomic E-state index is 12.4. The summed E-state index contributed by atoms with van der Waals surface area (Å²) in [7, 11) is -3.58. The zero-order chi connectivity index (χ0) is 19.7. The second kappa shape index (κ2) is 10.5. The van der Waals surface area contributed by atoms with Crippen LogP contribution in [0.25, 0.3) is 0 Å². The van der Waals surface area contributed by atoms with Gasteiger partial charge >= 0.3 is 0 Å². The van der Waals surface area contributed by atoms with E-state index in [-0.39, 0.29) is 10.8 Å². The van der Waals surface area contributed by atoms with Crippen LogP contribution in [0.2, 0.25) is 0 Å². The number of fused-ring (bicyclic) bond motifs is 1. The first kappa shape index (κ1) is 21.5. The van der Waals surface area contributed by atoms with E-state index in [0.29, 0.717) is 56.6 Å². The lowest BCUT2D eigenvalue weighted by atomic mass is 10.1. The van der Waals surface area contributed by atoms with Crippen LogP contribution >= 0.6 is 0 Å². The molecule has 0 radical (unpaired) electrons. The normalized spacial score (nSPS) is 13.6. The molecule has 1 aromatic rings. The molecule has 0 fully saturated rings. The van der Waals surface area contributed by atoms with Crippen LogP contribution < -0.4 is 19.5 Å². The number of ether oxygens (including phenoxy) is 2. The van der Waals surface area contributed by atoms with Crippen molar-refractivity contribution in [1.29, 1.82) is 0 Å². The molecule has 2 N–H and O–H groups in total. The van der Waals surface area contributed by atoms with Gasteiger partial charge < -0.3 is 14.8 Å². The van der Waals surface area contributed by atoms with Gasteiger partial charge in [0.2, 0.25) is 15.9 Å². The minimum atomic E-state index is -3.58. The van der Waals surface area contributed by atoms with Crippen molar-refractivity contribution in [3.8, 4) is 11.5 Å². The first-order chi connectivity index (χ1) is 12.9. The second-order valence-electron chi connectivity index (χ2n) is 7.05. The summed E-state index contributed by atoms with van der Waals surface area (Å²) >= 11 is 0. The van der Waals surface area contributed by atoms with Gasteiger partial charge in [0.1, 0.15) is 13.2 Å². The van der Waals surface area contributed by atoms with E-state index in [1.807, 2.05) is 0 Å². The maximum Gasteiger partial charge on any atom is 0.240 e. The molecule has 0 bridgehead atoms. The largest absolute Gasteiger partial charge is 0.486 e. The molecule has 8 heteroatoms. The molecule has 1 aliphatic heterocycles. The maximum atomic E-state index is 12.4. The smallest absolute Gasteiger partial charge is 0.240 e. The summed E-state index contributed by atoms with van der Waals surface area (Å²) in [5.41, 5.74) is 0. The molecule has 1 amide bonds. The molecule has 1 heterocycles. The minimum absolute atomic E-state index is 0.0625. The van der Waals surface area contributed by atoms with Crippen LogP contribution in [-0.2, 0) is 14.8 Å². The summed E-state index contributed by atoms with van der Waals surface area (Å²) in [6.45, 7) is 6.18. The summed E-state index contributed by atoms with van der Waals surface area (Å²) in [4.78, 5) is 11.8. The number of unbranched alkanes of at least 4 members (excludes halogenated alkanes) is 2. The first-order valence-electron chi connectivity index (χ1n) is 9.54. The topological polar surface area (TPSA) is 93.7 Å². The Bertz CT molecular complexity index is 719. The molecule has 0 aromatic heterocycles. The van der Waals surface area contributed by atoms with Gasteiger partial charge in [-0.2, -0.15) is 0 Å². The SMILES string of the molecule is CC(C)CCNC(=O)CCCCCNS(=O)(=O)c1ccc2c(c1)OCCO2. The van der Waals surface area contributed by atoms with Crippen LogP contribution in [0.15, 0.2) is 23.1 Å². The van der Waals surface area contributed by atoms with Gasteiger partial charge in [0, 0.05) is 25.6 Å². The molecule has 7 nitrogen and oxygen atoms in total. The lowest BCUT2D eigenvalue weighted by molar-refractivity contribution is -0.121. The van der Waals surface area contributed by atoms with Crippen molar-refractivity contribution < 1.29 is 22.7 Å². The number of carbonyl (C=O) groups excluding carboxylic acids is 1. The quantitative estimate of drug-likeness (QED) is 0.559. The van der Waals surface area contributed by atoms with Gasteiger partial charge in [-0.3, -0.25) is 4.79 Å². The molecule has 1 aliphatic rings. The molecule has 0 saturated carbocycles. The van der Waals surface area contributed by atoms with Crippen LogP contribution in [0.1, 0.15) is 46.0 Å². The monoisotopic (exact) mass is 398 g/mol. The third-order valence-corrected chi connectivity index (χ3v) is 5.70.